The molecule has 140 valence electrons. The Labute approximate surface area is 167 Å². The van der Waals surface area contributed by atoms with Gasteiger partial charge in [0, 0.05) is 10.6 Å². The van der Waals surface area contributed by atoms with Crippen LogP contribution in [0, 0.1) is 0 Å². The molecule has 0 aliphatic carbocycles. The topological polar surface area (TPSA) is 75.6 Å². The monoisotopic (exact) mass is 423 g/mol. The van der Waals surface area contributed by atoms with Crippen LogP contribution < -0.4 is 9.46 Å². The summed E-state index contributed by atoms with van der Waals surface area (Å²) in [5.41, 5.74) is 1.80. The van der Waals surface area contributed by atoms with E-state index in [4.69, 9.17) is 27.9 Å². The number of rotatable bonds is 5. The average molecular weight is 424 g/mol. The molecular weight excluding hydrogens is 409 g/mol. The highest BCUT2D eigenvalue weighted by Crippen LogP contribution is 2.36. The summed E-state index contributed by atoms with van der Waals surface area (Å²) in [6.45, 7) is 0. The molecule has 27 heavy (non-hydrogen) atoms. The van der Waals surface area contributed by atoms with Crippen molar-refractivity contribution in [3.63, 3.8) is 0 Å². The molecule has 0 spiro atoms. The van der Waals surface area contributed by atoms with Crippen molar-refractivity contribution in [1.29, 1.82) is 0 Å². The lowest BCUT2D eigenvalue weighted by Crippen LogP contribution is -2.14. The maximum Gasteiger partial charge on any atom is 0.265 e. The van der Waals surface area contributed by atoms with Gasteiger partial charge in [-0.05, 0) is 35.9 Å². The van der Waals surface area contributed by atoms with Gasteiger partial charge in [0.15, 0.2) is 5.75 Å². The number of aromatic hydroxyl groups is 1. The van der Waals surface area contributed by atoms with E-state index in [-0.39, 0.29) is 10.0 Å². The molecule has 0 bridgehead atoms. The maximum atomic E-state index is 12.8. The van der Waals surface area contributed by atoms with Crippen molar-refractivity contribution in [2.75, 3.05) is 11.8 Å². The van der Waals surface area contributed by atoms with Gasteiger partial charge in [-0.3, -0.25) is 4.72 Å². The zero-order valence-corrected chi connectivity index (χ0v) is 16.4. The van der Waals surface area contributed by atoms with E-state index in [2.05, 4.69) is 4.72 Å². The highest BCUT2D eigenvalue weighted by molar-refractivity contribution is 7.92. The number of methoxy groups -OCH3 is 1. The zero-order chi connectivity index (χ0) is 19.6. The van der Waals surface area contributed by atoms with E-state index in [0.29, 0.717) is 17.0 Å². The highest BCUT2D eigenvalue weighted by Gasteiger charge is 2.23. The van der Waals surface area contributed by atoms with E-state index >= 15 is 0 Å². The summed E-state index contributed by atoms with van der Waals surface area (Å²) in [7, 11) is -2.56. The van der Waals surface area contributed by atoms with Crippen LogP contribution in [-0.4, -0.2) is 20.6 Å². The van der Waals surface area contributed by atoms with Gasteiger partial charge in [-0.1, -0.05) is 53.5 Å². The fraction of sp³-hybridized carbons (Fsp3) is 0.0526. The lowest BCUT2D eigenvalue weighted by atomic mass is 10.0. The third kappa shape index (κ3) is 4.13. The Morgan fingerprint density at radius 1 is 1.00 bits per heavy atom. The molecule has 0 amide bonds. The van der Waals surface area contributed by atoms with Gasteiger partial charge >= 0.3 is 0 Å². The first-order valence-corrected chi connectivity index (χ1v) is 10.00. The normalized spacial score (nSPS) is 11.2. The van der Waals surface area contributed by atoms with Gasteiger partial charge in [0.25, 0.3) is 10.0 Å². The minimum Gasteiger partial charge on any atom is -0.505 e. The summed E-state index contributed by atoms with van der Waals surface area (Å²) in [6, 6.07) is 16.5. The van der Waals surface area contributed by atoms with Crippen LogP contribution in [0.5, 0.6) is 11.5 Å². The molecule has 3 rings (SSSR count). The lowest BCUT2D eigenvalue weighted by Gasteiger charge is -2.14. The van der Waals surface area contributed by atoms with E-state index in [1.807, 2.05) is 12.1 Å². The number of anilines is 1. The fourth-order valence-electron chi connectivity index (χ4n) is 2.54. The van der Waals surface area contributed by atoms with Crippen molar-refractivity contribution in [2.45, 2.75) is 4.90 Å². The Bertz CT molecular complexity index is 1080. The van der Waals surface area contributed by atoms with Crippen molar-refractivity contribution in [2.24, 2.45) is 0 Å². The van der Waals surface area contributed by atoms with Gasteiger partial charge in [-0.25, -0.2) is 8.42 Å². The maximum absolute atomic E-state index is 12.8. The molecule has 0 saturated carbocycles. The van der Waals surface area contributed by atoms with E-state index in [1.54, 1.807) is 43.5 Å². The van der Waals surface area contributed by atoms with Crippen LogP contribution in [0.25, 0.3) is 11.1 Å². The predicted octanol–water partition coefficient (Wildman–Crippen LogP) is 5.18. The molecule has 0 aliphatic heterocycles. The quantitative estimate of drug-likeness (QED) is 0.592. The van der Waals surface area contributed by atoms with E-state index < -0.39 is 20.7 Å². The Hall–Kier alpha value is -2.41. The van der Waals surface area contributed by atoms with Crippen LogP contribution in [0.2, 0.25) is 10.0 Å². The van der Waals surface area contributed by atoms with Crippen molar-refractivity contribution in [3.05, 3.63) is 70.7 Å². The number of hydrogen-bond donors (Lipinski definition) is 2. The minimum atomic E-state index is -4.13. The fourth-order valence-corrected chi connectivity index (χ4v) is 4.38. The summed E-state index contributed by atoms with van der Waals surface area (Å²) >= 11 is 11.7. The SMILES string of the molecule is COc1ccc(-c2ccccc2NS(=O)(=O)c2cc(Cl)cc(Cl)c2O)cc1. The molecule has 0 saturated heterocycles. The van der Waals surface area contributed by atoms with Crippen molar-refractivity contribution >= 4 is 38.9 Å². The summed E-state index contributed by atoms with van der Waals surface area (Å²) in [6.07, 6.45) is 0. The number of nitrogens with one attached hydrogen (secondary N) is 1. The largest absolute Gasteiger partial charge is 0.505 e. The Kier molecular flexibility index (Phi) is 5.51. The number of ether oxygens (including phenoxy) is 1. The van der Waals surface area contributed by atoms with Crippen LogP contribution in [0.1, 0.15) is 0 Å². The molecule has 0 atom stereocenters. The third-order valence-electron chi connectivity index (χ3n) is 3.86. The van der Waals surface area contributed by atoms with Crippen LogP contribution in [-0.2, 0) is 10.0 Å². The number of para-hydroxylation sites is 1. The molecule has 2 N–H and O–H groups in total. The number of benzene rings is 3. The predicted molar refractivity (Wildman–Crippen MR) is 107 cm³/mol. The molecule has 0 heterocycles. The first-order valence-electron chi connectivity index (χ1n) is 7.76. The molecule has 0 radical (unpaired) electrons. The smallest absolute Gasteiger partial charge is 0.265 e. The number of halogens is 2. The first kappa shape index (κ1) is 19.4. The molecule has 0 unspecified atom stereocenters. The number of sulfonamides is 1. The second-order valence-corrected chi connectivity index (χ2v) is 8.11. The van der Waals surface area contributed by atoms with Crippen molar-refractivity contribution < 1.29 is 18.3 Å². The molecule has 5 nitrogen and oxygen atoms in total. The van der Waals surface area contributed by atoms with E-state index in [0.717, 1.165) is 11.6 Å². The molecule has 0 aliphatic rings. The van der Waals surface area contributed by atoms with Gasteiger partial charge in [0.1, 0.15) is 10.6 Å². The molecule has 0 fully saturated rings. The third-order valence-corrected chi connectivity index (χ3v) is 5.74. The van der Waals surface area contributed by atoms with Crippen LogP contribution >= 0.6 is 23.2 Å². The number of hydrogen-bond acceptors (Lipinski definition) is 4. The summed E-state index contributed by atoms with van der Waals surface area (Å²) in [5.74, 6) is 0.130. The Balaban J connectivity index is 2.03. The van der Waals surface area contributed by atoms with Gasteiger partial charge in [0.05, 0.1) is 17.8 Å². The zero-order valence-electron chi connectivity index (χ0n) is 14.1. The summed E-state index contributed by atoms with van der Waals surface area (Å²) in [5, 5.41) is 10.0. The number of phenols is 1. The standard InChI is InChI=1S/C19H15Cl2NO4S/c1-26-14-8-6-12(7-9-14)15-4-2-3-5-17(15)22-27(24,25)18-11-13(20)10-16(21)19(18)23/h2-11,22-23H,1H3. The van der Waals surface area contributed by atoms with Gasteiger partial charge in [-0.2, -0.15) is 0 Å². The molecular formula is C19H15Cl2NO4S. The van der Waals surface area contributed by atoms with Crippen LogP contribution in [0.15, 0.2) is 65.6 Å². The molecule has 3 aromatic carbocycles. The second kappa shape index (κ2) is 7.68. The van der Waals surface area contributed by atoms with Crippen LogP contribution in [0.3, 0.4) is 0 Å². The van der Waals surface area contributed by atoms with Crippen molar-refractivity contribution in [1.82, 2.24) is 0 Å². The van der Waals surface area contributed by atoms with E-state index in [1.165, 1.54) is 6.07 Å². The first-order chi connectivity index (χ1) is 12.8. The summed E-state index contributed by atoms with van der Waals surface area (Å²) < 4.78 is 33.2. The molecule has 0 aromatic heterocycles. The van der Waals surface area contributed by atoms with Gasteiger partial charge < -0.3 is 9.84 Å². The lowest BCUT2D eigenvalue weighted by molar-refractivity contribution is 0.415. The van der Waals surface area contributed by atoms with Gasteiger partial charge in [0.2, 0.25) is 0 Å². The minimum absolute atomic E-state index is 0.0987. The second-order valence-electron chi connectivity index (χ2n) is 5.61. The Morgan fingerprint density at radius 3 is 2.33 bits per heavy atom. The summed E-state index contributed by atoms with van der Waals surface area (Å²) in [4.78, 5) is -0.399. The molecule has 8 heteroatoms. The van der Waals surface area contributed by atoms with Crippen LogP contribution in [0.4, 0.5) is 5.69 Å². The highest BCUT2D eigenvalue weighted by atomic mass is 35.5. The Morgan fingerprint density at radius 2 is 1.67 bits per heavy atom. The van der Waals surface area contributed by atoms with Crippen molar-refractivity contribution in [3.8, 4) is 22.6 Å². The molecule has 3 aromatic rings. The average Bonchev–Trinajstić information content (AvgIpc) is 2.65. The van der Waals surface area contributed by atoms with Gasteiger partial charge in [-0.15, -0.1) is 0 Å². The number of phenolic OH excluding ortho intramolecular Hbond substituents is 1. The van der Waals surface area contributed by atoms with E-state index in [9.17, 15) is 13.5 Å².